The van der Waals surface area contributed by atoms with Gasteiger partial charge in [0.15, 0.2) is 0 Å². The van der Waals surface area contributed by atoms with Crippen LogP contribution in [0.5, 0.6) is 0 Å². The van der Waals surface area contributed by atoms with Crippen LogP contribution in [0.25, 0.3) is 0 Å². The SMILES string of the molecule is CC(C)(C)C(CN)Nc1cccnc1[N+](=O)[O-]. The molecule has 3 N–H and O–H groups in total. The Hall–Kier alpha value is -1.69. The summed E-state index contributed by atoms with van der Waals surface area (Å²) >= 11 is 0. The summed E-state index contributed by atoms with van der Waals surface area (Å²) < 4.78 is 0. The topological polar surface area (TPSA) is 94.1 Å². The molecule has 1 heterocycles. The van der Waals surface area contributed by atoms with Gasteiger partial charge in [-0.15, -0.1) is 0 Å². The summed E-state index contributed by atoms with van der Waals surface area (Å²) in [7, 11) is 0. The Labute approximate surface area is 100 Å². The first-order valence-electron chi connectivity index (χ1n) is 5.42. The Morgan fingerprint density at radius 2 is 2.24 bits per heavy atom. The largest absolute Gasteiger partial charge is 0.386 e. The smallest absolute Gasteiger partial charge is 0.374 e. The molecule has 1 aromatic rings. The molecule has 6 nitrogen and oxygen atoms in total. The van der Waals surface area contributed by atoms with Crippen LogP contribution in [0.3, 0.4) is 0 Å². The van der Waals surface area contributed by atoms with Gasteiger partial charge in [0.1, 0.15) is 11.9 Å². The van der Waals surface area contributed by atoms with Gasteiger partial charge in [-0.05, 0) is 27.5 Å². The van der Waals surface area contributed by atoms with E-state index in [-0.39, 0.29) is 17.3 Å². The summed E-state index contributed by atoms with van der Waals surface area (Å²) in [6, 6.07) is 3.25. The molecule has 94 valence electrons. The lowest BCUT2D eigenvalue weighted by molar-refractivity contribution is -0.388. The first kappa shape index (κ1) is 13.4. The van der Waals surface area contributed by atoms with E-state index in [9.17, 15) is 10.1 Å². The van der Waals surface area contributed by atoms with E-state index in [0.29, 0.717) is 12.2 Å². The van der Waals surface area contributed by atoms with Crippen LogP contribution in [-0.4, -0.2) is 22.5 Å². The van der Waals surface area contributed by atoms with Crippen LogP contribution in [0.2, 0.25) is 0 Å². The molecule has 1 unspecified atom stereocenters. The molecule has 0 aliphatic heterocycles. The first-order valence-corrected chi connectivity index (χ1v) is 5.42. The van der Waals surface area contributed by atoms with E-state index >= 15 is 0 Å². The number of nitro groups is 1. The number of anilines is 1. The molecule has 0 aromatic carbocycles. The zero-order valence-corrected chi connectivity index (χ0v) is 10.3. The minimum absolute atomic E-state index is 0.0506. The predicted molar refractivity (Wildman–Crippen MR) is 66.8 cm³/mol. The van der Waals surface area contributed by atoms with Gasteiger partial charge >= 0.3 is 5.82 Å². The highest BCUT2D eigenvalue weighted by molar-refractivity contribution is 5.57. The molecule has 6 heteroatoms. The van der Waals surface area contributed by atoms with Crippen molar-refractivity contribution >= 4 is 11.5 Å². The summed E-state index contributed by atoms with van der Waals surface area (Å²) in [4.78, 5) is 14.1. The minimum Gasteiger partial charge on any atom is -0.374 e. The van der Waals surface area contributed by atoms with Crippen LogP contribution in [0.15, 0.2) is 18.3 Å². The number of nitrogens with zero attached hydrogens (tertiary/aromatic N) is 2. The van der Waals surface area contributed by atoms with Crippen molar-refractivity contribution < 1.29 is 4.92 Å². The fourth-order valence-electron chi connectivity index (χ4n) is 1.47. The Balaban J connectivity index is 2.98. The molecule has 1 atom stereocenters. The van der Waals surface area contributed by atoms with E-state index in [1.807, 2.05) is 20.8 Å². The number of pyridine rings is 1. The maximum Gasteiger partial charge on any atom is 0.386 e. The van der Waals surface area contributed by atoms with Crippen LogP contribution >= 0.6 is 0 Å². The lowest BCUT2D eigenvalue weighted by atomic mass is 9.86. The summed E-state index contributed by atoms with van der Waals surface area (Å²) in [5.74, 6) is -0.171. The number of rotatable bonds is 4. The monoisotopic (exact) mass is 238 g/mol. The molecule has 0 saturated heterocycles. The number of hydrogen-bond donors (Lipinski definition) is 2. The van der Waals surface area contributed by atoms with E-state index in [2.05, 4.69) is 10.3 Å². The van der Waals surface area contributed by atoms with Crippen molar-refractivity contribution in [1.29, 1.82) is 0 Å². The third-order valence-corrected chi connectivity index (χ3v) is 2.57. The van der Waals surface area contributed by atoms with Gasteiger partial charge in [-0.1, -0.05) is 20.8 Å². The van der Waals surface area contributed by atoms with E-state index in [1.165, 1.54) is 6.20 Å². The van der Waals surface area contributed by atoms with Gasteiger partial charge in [0.25, 0.3) is 0 Å². The molecule has 1 aromatic heterocycles. The average molecular weight is 238 g/mol. The number of nitrogens with one attached hydrogen (secondary N) is 1. The lowest BCUT2D eigenvalue weighted by Gasteiger charge is -2.30. The third kappa shape index (κ3) is 3.39. The second kappa shape index (κ2) is 5.09. The van der Waals surface area contributed by atoms with Gasteiger partial charge in [-0.2, -0.15) is 0 Å². The van der Waals surface area contributed by atoms with Crippen molar-refractivity contribution in [3.63, 3.8) is 0 Å². The highest BCUT2D eigenvalue weighted by Crippen LogP contribution is 2.26. The van der Waals surface area contributed by atoms with Gasteiger partial charge in [0.2, 0.25) is 0 Å². The predicted octanol–water partition coefficient (Wildman–Crippen LogP) is 1.78. The van der Waals surface area contributed by atoms with E-state index in [1.54, 1.807) is 12.1 Å². The molecule has 0 spiro atoms. The van der Waals surface area contributed by atoms with Crippen LogP contribution in [-0.2, 0) is 0 Å². The second-order valence-corrected chi connectivity index (χ2v) is 4.93. The zero-order valence-electron chi connectivity index (χ0n) is 10.3. The van der Waals surface area contributed by atoms with Crippen LogP contribution in [0, 0.1) is 15.5 Å². The zero-order chi connectivity index (χ0) is 13.1. The summed E-state index contributed by atoms with van der Waals surface area (Å²) in [6.07, 6.45) is 1.40. The molecule has 0 bridgehead atoms. The highest BCUT2D eigenvalue weighted by Gasteiger charge is 2.25. The fraction of sp³-hybridized carbons (Fsp3) is 0.545. The van der Waals surface area contributed by atoms with Crippen molar-refractivity contribution in [1.82, 2.24) is 4.98 Å². The van der Waals surface area contributed by atoms with Crippen LogP contribution in [0.1, 0.15) is 20.8 Å². The Bertz CT molecular complexity index is 401. The summed E-state index contributed by atoms with van der Waals surface area (Å²) in [5, 5.41) is 13.9. The van der Waals surface area contributed by atoms with Crippen molar-refractivity contribution in [2.45, 2.75) is 26.8 Å². The van der Waals surface area contributed by atoms with Crippen molar-refractivity contribution in [2.24, 2.45) is 11.1 Å². The standard InChI is InChI=1S/C11H18N4O2/c1-11(2,3)9(7-12)14-8-5-4-6-13-10(8)15(16)17/h4-6,9,14H,7,12H2,1-3H3. The molecule has 0 amide bonds. The summed E-state index contributed by atoms with van der Waals surface area (Å²) in [6.45, 7) is 6.48. The Morgan fingerprint density at radius 3 is 2.71 bits per heavy atom. The van der Waals surface area contributed by atoms with Crippen molar-refractivity contribution in [2.75, 3.05) is 11.9 Å². The Kier molecular flexibility index (Phi) is 4.01. The van der Waals surface area contributed by atoms with Gasteiger partial charge in [0, 0.05) is 12.6 Å². The van der Waals surface area contributed by atoms with Gasteiger partial charge in [-0.3, -0.25) is 0 Å². The van der Waals surface area contributed by atoms with Gasteiger partial charge in [-0.25, -0.2) is 0 Å². The molecule has 0 saturated carbocycles. The van der Waals surface area contributed by atoms with Gasteiger partial charge < -0.3 is 21.2 Å². The first-order chi connectivity index (χ1) is 7.86. The molecule has 17 heavy (non-hydrogen) atoms. The maximum atomic E-state index is 10.8. The molecule has 0 radical (unpaired) electrons. The molecule has 0 fully saturated rings. The highest BCUT2D eigenvalue weighted by atomic mass is 16.6. The van der Waals surface area contributed by atoms with Crippen molar-refractivity contribution in [3.8, 4) is 0 Å². The lowest BCUT2D eigenvalue weighted by Crippen LogP contribution is -2.40. The second-order valence-electron chi connectivity index (χ2n) is 4.93. The molecular formula is C11H18N4O2. The quantitative estimate of drug-likeness (QED) is 0.616. The molecular weight excluding hydrogens is 220 g/mol. The van der Waals surface area contributed by atoms with E-state index in [4.69, 9.17) is 5.73 Å². The fourth-order valence-corrected chi connectivity index (χ4v) is 1.47. The van der Waals surface area contributed by atoms with Crippen LogP contribution < -0.4 is 11.1 Å². The molecule has 0 aliphatic rings. The number of aromatic nitrogens is 1. The van der Waals surface area contributed by atoms with E-state index < -0.39 is 4.92 Å². The van der Waals surface area contributed by atoms with E-state index in [0.717, 1.165) is 0 Å². The van der Waals surface area contributed by atoms with Gasteiger partial charge in [0.05, 0.1) is 0 Å². The maximum absolute atomic E-state index is 10.8. The average Bonchev–Trinajstić information content (AvgIpc) is 2.24. The molecule has 0 aliphatic carbocycles. The minimum atomic E-state index is -0.501. The number of nitrogens with two attached hydrogens (primary N) is 1. The van der Waals surface area contributed by atoms with Crippen LogP contribution in [0.4, 0.5) is 11.5 Å². The van der Waals surface area contributed by atoms with Crippen molar-refractivity contribution in [3.05, 3.63) is 28.4 Å². The Morgan fingerprint density at radius 1 is 1.59 bits per heavy atom. The summed E-state index contributed by atoms with van der Waals surface area (Å²) in [5.41, 5.74) is 6.00. The third-order valence-electron chi connectivity index (χ3n) is 2.57. The molecule has 1 rings (SSSR count). The normalized spacial score (nSPS) is 13.2. The number of hydrogen-bond acceptors (Lipinski definition) is 5.